The number of benzene rings is 3. The van der Waals surface area contributed by atoms with Gasteiger partial charge in [-0.3, -0.25) is 4.79 Å². The molecule has 0 unspecified atom stereocenters. The first-order valence-corrected chi connectivity index (χ1v) is 9.51. The van der Waals surface area contributed by atoms with Crippen LogP contribution in [0.2, 0.25) is 10.0 Å². The first kappa shape index (κ1) is 18.5. The zero-order chi connectivity index (χ0) is 19.7. The van der Waals surface area contributed by atoms with E-state index in [0.717, 1.165) is 27.7 Å². The maximum absolute atomic E-state index is 13.2. The predicted octanol–water partition coefficient (Wildman–Crippen LogP) is 6.77. The van der Waals surface area contributed by atoms with Crippen LogP contribution in [0.1, 0.15) is 15.9 Å². The van der Waals surface area contributed by atoms with Crippen molar-refractivity contribution in [1.82, 2.24) is 4.98 Å². The number of nitrogens with one attached hydrogen (secondary N) is 1. The minimum Gasteiger partial charge on any atom is -0.322 e. The summed E-state index contributed by atoms with van der Waals surface area (Å²) in [6, 6.07) is 22.2. The lowest BCUT2D eigenvalue weighted by molar-refractivity contribution is 0.102. The number of pyridine rings is 1. The number of halogens is 2. The molecule has 4 rings (SSSR count). The molecule has 0 fully saturated rings. The standard InChI is InChI=1S/C23H16Cl2N2O/c1-14-21(23(28)26-16-7-3-2-4-8-16)18-9-5-6-10-20(18)27-22(14)17-12-11-15(24)13-19(17)25/h2-13H,1H3,(H,26,28). The summed E-state index contributed by atoms with van der Waals surface area (Å²) in [5.41, 5.74) is 4.21. The van der Waals surface area contributed by atoms with E-state index in [9.17, 15) is 4.79 Å². The molecule has 0 bridgehead atoms. The number of para-hydroxylation sites is 2. The van der Waals surface area contributed by atoms with Crippen LogP contribution in [0.25, 0.3) is 22.2 Å². The van der Waals surface area contributed by atoms with E-state index in [1.54, 1.807) is 12.1 Å². The zero-order valence-corrected chi connectivity index (χ0v) is 16.6. The Kier molecular flexibility index (Phi) is 5.03. The van der Waals surface area contributed by atoms with Gasteiger partial charge in [0.05, 0.1) is 21.8 Å². The highest BCUT2D eigenvalue weighted by Crippen LogP contribution is 2.35. The molecule has 3 nitrogen and oxygen atoms in total. The third-order valence-electron chi connectivity index (χ3n) is 4.58. The van der Waals surface area contributed by atoms with Gasteiger partial charge in [-0.15, -0.1) is 0 Å². The molecule has 138 valence electrons. The molecule has 0 saturated heterocycles. The quantitative estimate of drug-likeness (QED) is 0.407. The van der Waals surface area contributed by atoms with Gasteiger partial charge in [0.1, 0.15) is 0 Å². The summed E-state index contributed by atoms with van der Waals surface area (Å²) in [6.07, 6.45) is 0. The molecule has 0 aliphatic heterocycles. The second-order valence-electron chi connectivity index (χ2n) is 6.42. The highest BCUT2D eigenvalue weighted by atomic mass is 35.5. The molecule has 0 aliphatic carbocycles. The van der Waals surface area contributed by atoms with Crippen LogP contribution in [-0.4, -0.2) is 10.9 Å². The van der Waals surface area contributed by atoms with Gasteiger partial charge >= 0.3 is 0 Å². The van der Waals surface area contributed by atoms with Crippen molar-refractivity contribution in [1.29, 1.82) is 0 Å². The number of rotatable bonds is 3. The van der Waals surface area contributed by atoms with Crippen LogP contribution < -0.4 is 5.32 Å². The van der Waals surface area contributed by atoms with Crippen LogP contribution in [0, 0.1) is 6.92 Å². The van der Waals surface area contributed by atoms with E-state index in [0.29, 0.717) is 21.3 Å². The minimum atomic E-state index is -0.186. The van der Waals surface area contributed by atoms with Crippen LogP contribution >= 0.6 is 23.2 Å². The Hall–Kier alpha value is -2.88. The largest absolute Gasteiger partial charge is 0.322 e. The van der Waals surface area contributed by atoms with Gasteiger partial charge in [-0.05, 0) is 48.9 Å². The fraction of sp³-hybridized carbons (Fsp3) is 0.0435. The number of nitrogens with zero attached hydrogens (tertiary/aromatic N) is 1. The van der Waals surface area contributed by atoms with Crippen LogP contribution in [0.3, 0.4) is 0 Å². The Balaban J connectivity index is 1.92. The van der Waals surface area contributed by atoms with Crippen LogP contribution in [-0.2, 0) is 0 Å². The van der Waals surface area contributed by atoms with Crippen molar-refractivity contribution in [2.75, 3.05) is 5.32 Å². The number of aromatic nitrogens is 1. The molecule has 1 aromatic heterocycles. The smallest absolute Gasteiger partial charge is 0.256 e. The second-order valence-corrected chi connectivity index (χ2v) is 7.27. The van der Waals surface area contributed by atoms with Crippen molar-refractivity contribution < 1.29 is 4.79 Å². The third kappa shape index (κ3) is 3.47. The highest BCUT2D eigenvalue weighted by molar-refractivity contribution is 6.36. The van der Waals surface area contributed by atoms with E-state index >= 15 is 0 Å². The zero-order valence-electron chi connectivity index (χ0n) is 15.0. The summed E-state index contributed by atoms with van der Waals surface area (Å²) in [5.74, 6) is -0.186. The summed E-state index contributed by atoms with van der Waals surface area (Å²) in [7, 11) is 0. The van der Waals surface area contributed by atoms with Crippen molar-refractivity contribution in [2.24, 2.45) is 0 Å². The SMILES string of the molecule is Cc1c(-c2ccc(Cl)cc2Cl)nc2ccccc2c1C(=O)Nc1ccccc1. The number of anilines is 1. The van der Waals surface area contributed by atoms with E-state index in [2.05, 4.69) is 5.32 Å². The van der Waals surface area contributed by atoms with E-state index < -0.39 is 0 Å². The van der Waals surface area contributed by atoms with Gasteiger partial charge in [-0.2, -0.15) is 0 Å². The van der Waals surface area contributed by atoms with Crippen LogP contribution in [0.15, 0.2) is 72.8 Å². The fourth-order valence-corrected chi connectivity index (χ4v) is 3.76. The average Bonchev–Trinajstić information content (AvgIpc) is 2.68. The maximum atomic E-state index is 13.2. The lowest BCUT2D eigenvalue weighted by atomic mass is 9.97. The van der Waals surface area contributed by atoms with Crippen molar-refractivity contribution in [2.45, 2.75) is 6.92 Å². The first-order valence-electron chi connectivity index (χ1n) is 8.76. The number of hydrogen-bond donors (Lipinski definition) is 1. The van der Waals surface area contributed by atoms with Crippen molar-refractivity contribution >= 4 is 45.7 Å². The second kappa shape index (κ2) is 7.63. The normalized spacial score (nSPS) is 10.8. The Morgan fingerprint density at radius 3 is 2.39 bits per heavy atom. The van der Waals surface area contributed by atoms with Crippen molar-refractivity contribution in [3.05, 3.63) is 94.0 Å². The van der Waals surface area contributed by atoms with Crippen LogP contribution in [0.4, 0.5) is 5.69 Å². The Labute approximate surface area is 172 Å². The van der Waals surface area contributed by atoms with Gasteiger partial charge < -0.3 is 5.32 Å². The molecule has 5 heteroatoms. The molecule has 1 amide bonds. The molecule has 3 aromatic carbocycles. The van der Waals surface area contributed by atoms with Gasteiger partial charge in [0.2, 0.25) is 0 Å². The van der Waals surface area contributed by atoms with E-state index in [4.69, 9.17) is 28.2 Å². The average molecular weight is 407 g/mol. The van der Waals surface area contributed by atoms with Gasteiger partial charge in [-0.25, -0.2) is 4.98 Å². The van der Waals surface area contributed by atoms with Crippen LogP contribution in [0.5, 0.6) is 0 Å². The molecule has 1 heterocycles. The lowest BCUT2D eigenvalue weighted by Crippen LogP contribution is -2.15. The van der Waals surface area contributed by atoms with Gasteiger partial charge in [-0.1, -0.05) is 59.6 Å². The number of carbonyl (C=O) groups excluding carboxylic acids is 1. The molecule has 1 N–H and O–H groups in total. The summed E-state index contributed by atoms with van der Waals surface area (Å²) >= 11 is 12.5. The minimum absolute atomic E-state index is 0.186. The first-order chi connectivity index (χ1) is 13.5. The predicted molar refractivity (Wildman–Crippen MR) is 116 cm³/mol. The molecule has 4 aromatic rings. The summed E-state index contributed by atoms with van der Waals surface area (Å²) in [6.45, 7) is 1.89. The highest BCUT2D eigenvalue weighted by Gasteiger charge is 2.20. The Morgan fingerprint density at radius 2 is 1.64 bits per heavy atom. The van der Waals surface area contributed by atoms with E-state index in [1.807, 2.05) is 67.6 Å². The molecular weight excluding hydrogens is 391 g/mol. The van der Waals surface area contributed by atoms with E-state index in [-0.39, 0.29) is 5.91 Å². The number of amides is 1. The molecular formula is C23H16Cl2N2O. The maximum Gasteiger partial charge on any atom is 0.256 e. The molecule has 28 heavy (non-hydrogen) atoms. The van der Waals surface area contributed by atoms with Crippen molar-refractivity contribution in [3.63, 3.8) is 0 Å². The summed E-state index contributed by atoms with van der Waals surface area (Å²) in [5, 5.41) is 4.81. The van der Waals surface area contributed by atoms with Gasteiger partial charge in [0, 0.05) is 21.7 Å². The molecule has 0 radical (unpaired) electrons. The lowest BCUT2D eigenvalue weighted by Gasteiger charge is -2.15. The fourth-order valence-electron chi connectivity index (χ4n) is 3.26. The monoisotopic (exact) mass is 406 g/mol. The van der Waals surface area contributed by atoms with Gasteiger partial charge in [0.15, 0.2) is 0 Å². The number of carbonyl (C=O) groups is 1. The molecule has 0 saturated carbocycles. The number of hydrogen-bond acceptors (Lipinski definition) is 2. The van der Waals surface area contributed by atoms with Gasteiger partial charge in [0.25, 0.3) is 5.91 Å². The van der Waals surface area contributed by atoms with Crippen molar-refractivity contribution in [3.8, 4) is 11.3 Å². The molecule has 0 atom stereocenters. The summed E-state index contributed by atoms with van der Waals surface area (Å²) in [4.78, 5) is 18.0. The Morgan fingerprint density at radius 1 is 0.929 bits per heavy atom. The Bertz CT molecular complexity index is 1190. The molecule has 0 spiro atoms. The molecule has 0 aliphatic rings. The topological polar surface area (TPSA) is 42.0 Å². The summed E-state index contributed by atoms with van der Waals surface area (Å²) < 4.78 is 0. The van der Waals surface area contributed by atoms with E-state index in [1.165, 1.54) is 0 Å². The number of fused-ring (bicyclic) bond motifs is 1. The third-order valence-corrected chi connectivity index (χ3v) is 5.13.